The van der Waals surface area contributed by atoms with Crippen LogP contribution in [0.1, 0.15) is 25.8 Å². The van der Waals surface area contributed by atoms with Crippen LogP contribution in [0.15, 0.2) is 48.5 Å². The Labute approximate surface area is 154 Å². The zero-order valence-corrected chi connectivity index (χ0v) is 15.4. The number of rotatable bonds is 5. The number of carbonyl (C=O) groups excluding carboxylic acids is 2. The number of ether oxygens (including phenoxy) is 1. The first kappa shape index (κ1) is 18.0. The summed E-state index contributed by atoms with van der Waals surface area (Å²) in [5.41, 5.74) is 2.61. The van der Waals surface area contributed by atoms with Crippen molar-refractivity contribution < 1.29 is 14.3 Å². The Morgan fingerprint density at radius 1 is 1.15 bits per heavy atom. The molecular formula is C21H24N2O3. The molecule has 2 amide bonds. The van der Waals surface area contributed by atoms with Crippen molar-refractivity contribution in [3.63, 3.8) is 0 Å². The maximum absolute atomic E-state index is 12.6. The van der Waals surface area contributed by atoms with Crippen molar-refractivity contribution >= 4 is 23.2 Å². The summed E-state index contributed by atoms with van der Waals surface area (Å²) < 4.78 is 5.60. The first-order valence-corrected chi connectivity index (χ1v) is 8.87. The minimum Gasteiger partial charge on any atom is -0.491 e. The predicted molar refractivity (Wildman–Crippen MR) is 102 cm³/mol. The van der Waals surface area contributed by atoms with Gasteiger partial charge < -0.3 is 15.0 Å². The van der Waals surface area contributed by atoms with E-state index in [4.69, 9.17) is 4.74 Å². The van der Waals surface area contributed by atoms with Crippen molar-refractivity contribution in [3.05, 3.63) is 54.1 Å². The second-order valence-corrected chi connectivity index (χ2v) is 6.87. The number of hydrogen-bond donors (Lipinski definition) is 1. The van der Waals surface area contributed by atoms with Gasteiger partial charge in [-0.25, -0.2) is 0 Å². The molecule has 0 bridgehead atoms. The number of hydrogen-bond acceptors (Lipinski definition) is 3. The van der Waals surface area contributed by atoms with Crippen molar-refractivity contribution in [2.45, 2.75) is 33.3 Å². The molecule has 0 radical (unpaired) electrons. The van der Waals surface area contributed by atoms with E-state index < -0.39 is 0 Å². The monoisotopic (exact) mass is 352 g/mol. The Balaban J connectivity index is 1.64. The van der Waals surface area contributed by atoms with E-state index in [1.54, 1.807) is 4.90 Å². The fraction of sp³-hybridized carbons (Fsp3) is 0.333. The Morgan fingerprint density at radius 2 is 1.85 bits per heavy atom. The van der Waals surface area contributed by atoms with E-state index in [-0.39, 0.29) is 30.3 Å². The standard InChI is InChI=1S/C21H24N2O3/c1-14(2)26-18-10-8-17(9-11-18)22-21(25)16-12-20(24)23(13-16)19-7-5-4-6-15(19)3/h4-11,14,16H,12-13H2,1-3H3,(H,22,25). The lowest BCUT2D eigenvalue weighted by Gasteiger charge is -2.19. The van der Waals surface area contributed by atoms with Crippen LogP contribution in [0.3, 0.4) is 0 Å². The molecule has 1 aliphatic heterocycles. The van der Waals surface area contributed by atoms with E-state index in [2.05, 4.69) is 5.32 Å². The van der Waals surface area contributed by atoms with Crippen LogP contribution < -0.4 is 15.0 Å². The molecule has 0 aliphatic carbocycles. The summed E-state index contributed by atoms with van der Waals surface area (Å²) in [6.07, 6.45) is 0.335. The second-order valence-electron chi connectivity index (χ2n) is 6.87. The topological polar surface area (TPSA) is 58.6 Å². The van der Waals surface area contributed by atoms with E-state index in [1.165, 1.54) is 0 Å². The number of para-hydroxylation sites is 1. The molecule has 136 valence electrons. The highest BCUT2D eigenvalue weighted by Gasteiger charge is 2.35. The molecule has 2 aromatic rings. The quantitative estimate of drug-likeness (QED) is 0.891. The van der Waals surface area contributed by atoms with Crippen LogP contribution in [0.2, 0.25) is 0 Å². The van der Waals surface area contributed by atoms with Gasteiger partial charge in [-0.3, -0.25) is 9.59 Å². The minimum absolute atomic E-state index is 0.0138. The lowest BCUT2D eigenvalue weighted by molar-refractivity contribution is -0.122. The zero-order valence-electron chi connectivity index (χ0n) is 15.4. The van der Waals surface area contributed by atoms with E-state index >= 15 is 0 Å². The number of nitrogens with zero attached hydrogens (tertiary/aromatic N) is 1. The average Bonchev–Trinajstić information content (AvgIpc) is 2.98. The number of carbonyl (C=O) groups is 2. The van der Waals surface area contributed by atoms with Gasteiger partial charge in [0.1, 0.15) is 5.75 Å². The highest BCUT2D eigenvalue weighted by atomic mass is 16.5. The van der Waals surface area contributed by atoms with Crippen LogP contribution in [-0.2, 0) is 9.59 Å². The molecule has 1 saturated heterocycles. The first-order chi connectivity index (χ1) is 12.4. The Kier molecular flexibility index (Phi) is 5.26. The molecule has 1 aliphatic rings. The SMILES string of the molecule is Cc1ccccc1N1CC(C(=O)Nc2ccc(OC(C)C)cc2)CC1=O. The van der Waals surface area contributed by atoms with Gasteiger partial charge in [-0.05, 0) is 56.7 Å². The van der Waals surface area contributed by atoms with Gasteiger partial charge in [0.15, 0.2) is 0 Å². The van der Waals surface area contributed by atoms with E-state index in [0.29, 0.717) is 12.2 Å². The molecule has 26 heavy (non-hydrogen) atoms. The highest BCUT2D eigenvalue weighted by Crippen LogP contribution is 2.28. The van der Waals surface area contributed by atoms with Gasteiger partial charge in [0.2, 0.25) is 11.8 Å². The van der Waals surface area contributed by atoms with E-state index in [9.17, 15) is 9.59 Å². The van der Waals surface area contributed by atoms with Gasteiger partial charge in [-0.2, -0.15) is 0 Å². The van der Waals surface area contributed by atoms with Gasteiger partial charge in [0.05, 0.1) is 12.0 Å². The normalized spacial score (nSPS) is 16.8. The molecule has 5 heteroatoms. The molecule has 0 aromatic heterocycles. The Bertz CT molecular complexity index is 799. The van der Waals surface area contributed by atoms with Gasteiger partial charge in [-0.1, -0.05) is 18.2 Å². The van der Waals surface area contributed by atoms with Crippen LogP contribution in [-0.4, -0.2) is 24.5 Å². The maximum Gasteiger partial charge on any atom is 0.229 e. The Morgan fingerprint density at radius 3 is 2.50 bits per heavy atom. The molecule has 1 fully saturated rings. The van der Waals surface area contributed by atoms with Crippen molar-refractivity contribution in [2.75, 3.05) is 16.8 Å². The molecule has 1 heterocycles. The molecule has 0 spiro atoms. The number of benzene rings is 2. The number of amides is 2. The maximum atomic E-state index is 12.6. The molecule has 1 unspecified atom stereocenters. The van der Waals surface area contributed by atoms with E-state index in [0.717, 1.165) is 17.0 Å². The van der Waals surface area contributed by atoms with Crippen molar-refractivity contribution in [1.29, 1.82) is 0 Å². The van der Waals surface area contributed by atoms with Crippen molar-refractivity contribution in [1.82, 2.24) is 0 Å². The molecular weight excluding hydrogens is 328 g/mol. The largest absolute Gasteiger partial charge is 0.491 e. The summed E-state index contributed by atoms with van der Waals surface area (Å²) in [5, 5.41) is 2.90. The second kappa shape index (κ2) is 7.60. The summed E-state index contributed by atoms with van der Waals surface area (Å²) in [4.78, 5) is 26.6. The number of aryl methyl sites for hydroxylation is 1. The molecule has 5 nitrogen and oxygen atoms in total. The summed E-state index contributed by atoms with van der Waals surface area (Å²) >= 11 is 0. The Hall–Kier alpha value is -2.82. The third-order valence-electron chi connectivity index (χ3n) is 4.40. The summed E-state index contributed by atoms with van der Waals surface area (Å²) in [5.74, 6) is 0.264. The predicted octanol–water partition coefficient (Wildman–Crippen LogP) is 3.77. The smallest absolute Gasteiger partial charge is 0.229 e. The fourth-order valence-corrected chi connectivity index (χ4v) is 3.12. The lowest BCUT2D eigenvalue weighted by Crippen LogP contribution is -2.28. The lowest BCUT2D eigenvalue weighted by atomic mass is 10.1. The zero-order chi connectivity index (χ0) is 18.7. The molecule has 1 atom stereocenters. The van der Waals surface area contributed by atoms with Gasteiger partial charge in [0, 0.05) is 24.3 Å². The third-order valence-corrected chi connectivity index (χ3v) is 4.40. The molecule has 2 aromatic carbocycles. The fourth-order valence-electron chi connectivity index (χ4n) is 3.12. The van der Waals surface area contributed by atoms with Crippen molar-refractivity contribution in [2.24, 2.45) is 5.92 Å². The van der Waals surface area contributed by atoms with Crippen molar-refractivity contribution in [3.8, 4) is 5.75 Å². The van der Waals surface area contributed by atoms with Gasteiger partial charge in [0.25, 0.3) is 0 Å². The average molecular weight is 352 g/mol. The van der Waals surface area contributed by atoms with Crippen LogP contribution in [0.25, 0.3) is 0 Å². The minimum atomic E-state index is -0.353. The molecule has 0 saturated carbocycles. The third kappa shape index (κ3) is 4.04. The highest BCUT2D eigenvalue weighted by molar-refractivity contribution is 6.03. The van der Waals surface area contributed by atoms with Gasteiger partial charge in [-0.15, -0.1) is 0 Å². The molecule has 3 rings (SSSR count). The number of anilines is 2. The van der Waals surface area contributed by atoms with E-state index in [1.807, 2.05) is 69.3 Å². The molecule has 1 N–H and O–H groups in total. The number of nitrogens with one attached hydrogen (secondary N) is 1. The van der Waals surface area contributed by atoms with Crippen LogP contribution in [0.5, 0.6) is 5.75 Å². The van der Waals surface area contributed by atoms with Gasteiger partial charge >= 0.3 is 0 Å². The van der Waals surface area contributed by atoms with Crippen LogP contribution >= 0.6 is 0 Å². The first-order valence-electron chi connectivity index (χ1n) is 8.87. The summed E-state index contributed by atoms with van der Waals surface area (Å²) in [6, 6.07) is 15.0. The summed E-state index contributed by atoms with van der Waals surface area (Å²) in [7, 11) is 0. The van der Waals surface area contributed by atoms with Crippen LogP contribution in [0, 0.1) is 12.8 Å². The summed E-state index contributed by atoms with van der Waals surface area (Å²) in [6.45, 7) is 6.31. The van der Waals surface area contributed by atoms with Crippen LogP contribution in [0.4, 0.5) is 11.4 Å².